The number of rotatable bonds is 27. The summed E-state index contributed by atoms with van der Waals surface area (Å²) in [6, 6.07) is 0. The van der Waals surface area contributed by atoms with Crippen LogP contribution in [0.3, 0.4) is 0 Å². The molecule has 4 nitrogen and oxygen atoms in total. The summed E-state index contributed by atoms with van der Waals surface area (Å²) < 4.78 is 41.8. The first-order chi connectivity index (χ1) is 23.7. The van der Waals surface area contributed by atoms with Gasteiger partial charge in [0.05, 0.1) is 63.0 Å². The SMILES string of the molecule is CCCCC(CC)C(OP(=O)(OC(C(CC)CCCC)([Si](C)(C)C)[Si](C)(C)C)OC(C(CC)CCCC)([Si](C)(C)C)[Si](C)(C)C)([Si](C)(C)C)[Si](C)(C)C. The fourth-order valence-electron chi connectivity index (χ4n) is 12.1. The second-order valence-corrected chi connectivity index (χ2v) is 57.6. The molecule has 3 unspecified atom stereocenters. The lowest BCUT2D eigenvalue weighted by Crippen LogP contribution is -2.75. The average Bonchev–Trinajstić information content (AvgIpc) is 2.96. The van der Waals surface area contributed by atoms with Gasteiger partial charge in [0.25, 0.3) is 0 Å². The molecule has 0 fully saturated rings. The van der Waals surface area contributed by atoms with Crippen molar-refractivity contribution in [2.75, 3.05) is 0 Å². The Hall–Kier alpha value is 1.41. The summed E-state index contributed by atoms with van der Waals surface area (Å²) in [7, 11) is -17.5. The molecule has 0 amide bonds. The highest BCUT2D eigenvalue weighted by atomic mass is 31.2. The maximum atomic E-state index is 17.5. The van der Waals surface area contributed by atoms with Gasteiger partial charge in [0.1, 0.15) is 0 Å². The minimum atomic E-state index is -4.25. The molecule has 0 rings (SSSR count). The number of unbranched alkanes of at least 4 members (excludes halogenated alkanes) is 3. The third kappa shape index (κ3) is 11.8. The quantitative estimate of drug-likeness (QED) is 0.0609. The second-order valence-electron chi connectivity index (χ2n) is 23.2. The molecule has 11 heteroatoms. The van der Waals surface area contributed by atoms with E-state index in [1.807, 2.05) is 0 Å². The molecule has 0 aliphatic rings. The van der Waals surface area contributed by atoms with Crippen LogP contribution in [0.4, 0.5) is 0 Å². The summed E-state index contributed by atoms with van der Waals surface area (Å²) in [5.41, 5.74) is 0. The summed E-state index contributed by atoms with van der Waals surface area (Å²) >= 11 is 0. The zero-order chi connectivity index (χ0) is 42.3. The van der Waals surface area contributed by atoms with Gasteiger partial charge in [0.15, 0.2) is 0 Å². The van der Waals surface area contributed by atoms with Crippen LogP contribution in [0.5, 0.6) is 0 Å². The molecule has 0 aromatic rings. The Morgan fingerprint density at radius 1 is 0.377 bits per heavy atom. The monoisotopic (exact) mass is 867 g/mol. The Morgan fingerprint density at radius 2 is 0.547 bits per heavy atom. The lowest BCUT2D eigenvalue weighted by Gasteiger charge is -2.62. The Morgan fingerprint density at radius 3 is 0.660 bits per heavy atom. The van der Waals surface area contributed by atoms with Crippen LogP contribution in [0, 0.1) is 17.8 Å². The van der Waals surface area contributed by atoms with Crippen LogP contribution in [0.2, 0.25) is 118 Å². The summed E-state index contributed by atoms with van der Waals surface area (Å²) in [5, 5.41) is 0. The lowest BCUT2D eigenvalue weighted by molar-refractivity contribution is -0.00860. The summed E-state index contributed by atoms with van der Waals surface area (Å²) in [4.78, 5) is -1.49. The molecule has 0 radical (unpaired) electrons. The fourth-order valence-corrected chi connectivity index (χ4v) is 58.8. The molecule has 0 aromatic carbocycles. The van der Waals surface area contributed by atoms with E-state index in [0.29, 0.717) is 17.8 Å². The summed E-state index contributed by atoms with van der Waals surface area (Å²) in [6.07, 6.45) is 13.3. The zero-order valence-corrected chi connectivity index (χ0v) is 47.7. The van der Waals surface area contributed by atoms with E-state index in [1.165, 1.54) is 0 Å². The van der Waals surface area contributed by atoms with Crippen LogP contribution in [-0.2, 0) is 18.1 Å². The molecule has 0 bridgehead atoms. The van der Waals surface area contributed by atoms with Crippen LogP contribution >= 0.6 is 7.82 Å². The molecule has 0 aromatic heterocycles. The normalized spacial score (nSPS) is 17.8. The van der Waals surface area contributed by atoms with Crippen molar-refractivity contribution in [3.63, 3.8) is 0 Å². The van der Waals surface area contributed by atoms with Gasteiger partial charge in [-0.2, -0.15) is 0 Å². The minimum absolute atomic E-state index is 0.312. The molecule has 0 saturated heterocycles. The standard InChI is InChI=1S/C42H99O4PSi6/c1-25-31-34-37(28-4)40(48(7,8)9,49(10,11)12)44-47(43,45-41(50(13,14)15,51(16,17)18)38(29-5)35-32-26-2)46-42(52(19,20)21,53(22,23)24)39(30-6)36-33-27-3/h37-39H,25-36H2,1-24H3. The summed E-state index contributed by atoms with van der Waals surface area (Å²) in [5.74, 6) is 0.935. The number of hydrogen-bond acceptors (Lipinski definition) is 4. The molecule has 0 aliphatic heterocycles. The van der Waals surface area contributed by atoms with Gasteiger partial charge in [-0.05, 0) is 37.0 Å². The summed E-state index contributed by atoms with van der Waals surface area (Å²) in [6.45, 7) is 59.1. The van der Waals surface area contributed by atoms with E-state index >= 15 is 4.57 Å². The Kier molecular flexibility index (Phi) is 20.6. The van der Waals surface area contributed by atoms with Crippen molar-refractivity contribution >= 4 is 56.3 Å². The molecule has 0 aliphatic carbocycles. The highest BCUT2D eigenvalue weighted by molar-refractivity contribution is 7.49. The van der Waals surface area contributed by atoms with Crippen molar-refractivity contribution < 1.29 is 18.1 Å². The van der Waals surface area contributed by atoms with E-state index in [9.17, 15) is 0 Å². The van der Waals surface area contributed by atoms with Gasteiger partial charge >= 0.3 is 7.82 Å². The van der Waals surface area contributed by atoms with Gasteiger partial charge in [0, 0.05) is 0 Å². The third-order valence-corrected chi connectivity index (χ3v) is 45.9. The van der Waals surface area contributed by atoms with Crippen molar-refractivity contribution in [1.29, 1.82) is 0 Å². The van der Waals surface area contributed by atoms with Crippen LogP contribution in [-0.4, -0.2) is 63.0 Å². The van der Waals surface area contributed by atoms with Crippen LogP contribution in [0.25, 0.3) is 0 Å². The third-order valence-electron chi connectivity index (χ3n) is 13.4. The average molecular weight is 868 g/mol. The van der Waals surface area contributed by atoms with E-state index in [2.05, 4.69) is 159 Å². The zero-order valence-electron chi connectivity index (χ0n) is 40.8. The molecule has 320 valence electrons. The van der Waals surface area contributed by atoms with Crippen LogP contribution in [0.15, 0.2) is 0 Å². The first-order valence-corrected chi connectivity index (χ1v) is 44.9. The highest BCUT2D eigenvalue weighted by Gasteiger charge is 2.69. The van der Waals surface area contributed by atoms with Crippen molar-refractivity contribution in [3.05, 3.63) is 0 Å². The molecule has 0 N–H and O–H groups in total. The van der Waals surface area contributed by atoms with Gasteiger partial charge in [-0.25, -0.2) is 4.57 Å². The fraction of sp³-hybridized carbons (Fsp3) is 1.00. The molecule has 3 atom stereocenters. The van der Waals surface area contributed by atoms with Crippen LogP contribution < -0.4 is 0 Å². The predicted octanol–water partition coefficient (Wildman–Crippen LogP) is 16.3. The lowest BCUT2D eigenvalue weighted by atomic mass is 10.00. The van der Waals surface area contributed by atoms with Gasteiger partial charge in [0.2, 0.25) is 0 Å². The van der Waals surface area contributed by atoms with Crippen LogP contribution in [0.1, 0.15) is 119 Å². The first kappa shape index (κ1) is 54.4. The molecular weight excluding hydrogens is 768 g/mol. The maximum Gasteiger partial charge on any atom is 0.474 e. The van der Waals surface area contributed by atoms with Crippen molar-refractivity contribution in [1.82, 2.24) is 0 Å². The Balaban J connectivity index is 9.12. The van der Waals surface area contributed by atoms with E-state index < -0.39 is 70.8 Å². The Bertz CT molecular complexity index is 942. The number of hydrogen-bond donors (Lipinski definition) is 0. The first-order valence-electron chi connectivity index (χ1n) is 22.4. The number of phosphoric ester groups is 1. The maximum absolute atomic E-state index is 17.5. The van der Waals surface area contributed by atoms with Crippen molar-refractivity contribution in [3.8, 4) is 0 Å². The molecule has 53 heavy (non-hydrogen) atoms. The Labute approximate surface area is 341 Å². The smallest absolute Gasteiger partial charge is 0.287 e. The topological polar surface area (TPSA) is 44.8 Å². The van der Waals surface area contributed by atoms with Gasteiger partial charge < -0.3 is 0 Å². The van der Waals surface area contributed by atoms with E-state index in [1.54, 1.807) is 0 Å². The molecule has 0 heterocycles. The second kappa shape index (κ2) is 20.1. The highest BCUT2D eigenvalue weighted by Crippen LogP contribution is 2.68. The minimum Gasteiger partial charge on any atom is -0.287 e. The molecule has 0 saturated carbocycles. The van der Waals surface area contributed by atoms with E-state index in [4.69, 9.17) is 13.6 Å². The molecular formula is C42H99O4PSi6. The van der Waals surface area contributed by atoms with Gasteiger partial charge in [-0.3, -0.25) is 13.6 Å². The van der Waals surface area contributed by atoms with Gasteiger partial charge in [-0.1, -0.05) is 217 Å². The predicted molar refractivity (Wildman–Crippen MR) is 259 cm³/mol. The van der Waals surface area contributed by atoms with Crippen molar-refractivity contribution in [2.45, 2.75) is 251 Å². The van der Waals surface area contributed by atoms with Crippen molar-refractivity contribution in [2.24, 2.45) is 17.8 Å². The van der Waals surface area contributed by atoms with Gasteiger partial charge in [-0.15, -0.1) is 0 Å². The van der Waals surface area contributed by atoms with E-state index in [-0.39, 0.29) is 0 Å². The molecule has 0 spiro atoms. The number of phosphoric acid groups is 1. The largest absolute Gasteiger partial charge is 0.474 e. The van der Waals surface area contributed by atoms with E-state index in [0.717, 1.165) is 77.0 Å².